The van der Waals surface area contributed by atoms with Crippen LogP contribution in [0.2, 0.25) is 5.02 Å². The standard InChI is InChI=1S/C31H33ClN4O3S/c1-34-27-20-23(10-11-28(27)40-29(31(34)38)19-22-6-3-9-26(18-22)39-2)30(37)33-12-5-13-35-14-16-36(17-15-35)25-8-4-7-24(32)21-25/h3-4,6-11,18-21H,5,12-17H2,1-2H3,(H,33,37). The van der Waals surface area contributed by atoms with E-state index in [1.807, 2.05) is 60.7 Å². The maximum Gasteiger partial charge on any atom is 0.264 e. The van der Waals surface area contributed by atoms with Gasteiger partial charge >= 0.3 is 0 Å². The van der Waals surface area contributed by atoms with Crippen LogP contribution in [0.3, 0.4) is 0 Å². The number of hydrogen-bond donors (Lipinski definition) is 1. The van der Waals surface area contributed by atoms with Gasteiger partial charge in [0, 0.05) is 60.9 Å². The Morgan fingerprint density at radius 1 is 1.05 bits per heavy atom. The highest BCUT2D eigenvalue weighted by atomic mass is 35.5. The SMILES string of the molecule is COc1cccc(C=C2Sc3ccc(C(=O)NCCCN4CCN(c5cccc(Cl)c5)CC4)cc3N(C)C2=O)c1. The van der Waals surface area contributed by atoms with Gasteiger partial charge in [0.15, 0.2) is 0 Å². The largest absolute Gasteiger partial charge is 0.497 e. The minimum atomic E-state index is -0.128. The molecule has 9 heteroatoms. The number of likely N-dealkylation sites (N-methyl/N-ethyl adjacent to an activating group) is 1. The van der Waals surface area contributed by atoms with Crippen LogP contribution in [0.4, 0.5) is 11.4 Å². The lowest BCUT2D eigenvalue weighted by Crippen LogP contribution is -2.47. The molecule has 0 atom stereocenters. The van der Waals surface area contributed by atoms with Crippen molar-refractivity contribution in [2.75, 3.05) is 63.2 Å². The molecule has 7 nitrogen and oxygen atoms in total. The number of piperazine rings is 1. The molecule has 0 aromatic heterocycles. The van der Waals surface area contributed by atoms with Gasteiger partial charge in [-0.25, -0.2) is 0 Å². The number of halogens is 1. The Morgan fingerprint density at radius 3 is 2.62 bits per heavy atom. The van der Waals surface area contributed by atoms with Crippen molar-refractivity contribution in [1.29, 1.82) is 0 Å². The Labute approximate surface area is 244 Å². The van der Waals surface area contributed by atoms with Crippen LogP contribution in [0.5, 0.6) is 5.75 Å². The van der Waals surface area contributed by atoms with Crippen LogP contribution < -0.4 is 19.9 Å². The van der Waals surface area contributed by atoms with Gasteiger partial charge in [-0.05, 0) is 73.1 Å². The molecule has 0 aliphatic carbocycles. The molecule has 0 bridgehead atoms. The number of thioether (sulfide) groups is 1. The molecule has 2 aliphatic rings. The number of amides is 2. The zero-order chi connectivity index (χ0) is 28.1. The van der Waals surface area contributed by atoms with Crippen molar-refractivity contribution < 1.29 is 14.3 Å². The molecule has 40 heavy (non-hydrogen) atoms. The minimum Gasteiger partial charge on any atom is -0.497 e. The molecule has 0 spiro atoms. The normalized spacial score (nSPS) is 16.7. The maximum absolute atomic E-state index is 13.1. The second-order valence-electron chi connectivity index (χ2n) is 9.85. The van der Waals surface area contributed by atoms with Gasteiger partial charge in [0.25, 0.3) is 11.8 Å². The summed E-state index contributed by atoms with van der Waals surface area (Å²) in [5.74, 6) is 0.508. The predicted octanol–water partition coefficient (Wildman–Crippen LogP) is 5.40. The Balaban J connectivity index is 1.12. The van der Waals surface area contributed by atoms with E-state index >= 15 is 0 Å². The van der Waals surface area contributed by atoms with E-state index in [0.717, 1.165) is 66.1 Å². The molecule has 5 rings (SSSR count). The Hall–Kier alpha value is -3.46. The third kappa shape index (κ3) is 6.63. The highest BCUT2D eigenvalue weighted by Crippen LogP contribution is 2.42. The second kappa shape index (κ2) is 12.8. The molecule has 2 aliphatic heterocycles. The van der Waals surface area contributed by atoms with Crippen molar-refractivity contribution in [3.63, 3.8) is 0 Å². The van der Waals surface area contributed by atoms with Crippen LogP contribution in [0.15, 0.2) is 76.5 Å². The van der Waals surface area contributed by atoms with Crippen molar-refractivity contribution in [3.8, 4) is 5.75 Å². The van der Waals surface area contributed by atoms with Crippen LogP contribution in [0.1, 0.15) is 22.3 Å². The van der Waals surface area contributed by atoms with Gasteiger partial charge in [-0.15, -0.1) is 0 Å². The summed E-state index contributed by atoms with van der Waals surface area (Å²) in [5.41, 5.74) is 3.35. The summed E-state index contributed by atoms with van der Waals surface area (Å²) in [6.07, 6.45) is 2.74. The minimum absolute atomic E-state index is 0.103. The monoisotopic (exact) mass is 576 g/mol. The summed E-state index contributed by atoms with van der Waals surface area (Å²) >= 11 is 7.56. The van der Waals surface area contributed by atoms with Gasteiger partial charge in [-0.1, -0.05) is 41.6 Å². The zero-order valence-electron chi connectivity index (χ0n) is 22.7. The van der Waals surface area contributed by atoms with Crippen LogP contribution >= 0.6 is 23.4 Å². The summed E-state index contributed by atoms with van der Waals surface area (Å²) in [5, 5.41) is 3.80. The number of anilines is 2. The molecule has 0 radical (unpaired) electrons. The first-order chi connectivity index (χ1) is 19.4. The lowest BCUT2D eigenvalue weighted by Gasteiger charge is -2.36. The number of carbonyl (C=O) groups is 2. The number of hydrogen-bond acceptors (Lipinski definition) is 6. The first-order valence-corrected chi connectivity index (χ1v) is 14.6. The zero-order valence-corrected chi connectivity index (χ0v) is 24.3. The Bertz CT molecular complexity index is 1420. The number of benzene rings is 3. The number of fused-ring (bicyclic) bond motifs is 1. The topological polar surface area (TPSA) is 65.1 Å². The van der Waals surface area contributed by atoms with Gasteiger partial charge in [0.1, 0.15) is 5.75 Å². The van der Waals surface area contributed by atoms with E-state index < -0.39 is 0 Å². The molecule has 2 heterocycles. The van der Waals surface area contributed by atoms with Crippen LogP contribution in [-0.2, 0) is 4.79 Å². The first kappa shape index (κ1) is 28.1. The molecule has 1 fully saturated rings. The molecule has 3 aromatic carbocycles. The van der Waals surface area contributed by atoms with Crippen molar-refractivity contribution in [3.05, 3.63) is 87.8 Å². The molecular formula is C31H33ClN4O3S. The summed E-state index contributed by atoms with van der Waals surface area (Å²) in [4.78, 5) is 33.9. The predicted molar refractivity (Wildman–Crippen MR) is 164 cm³/mol. The molecule has 208 valence electrons. The number of rotatable bonds is 8. The summed E-state index contributed by atoms with van der Waals surface area (Å²) < 4.78 is 5.29. The van der Waals surface area contributed by atoms with Gasteiger partial charge in [0.05, 0.1) is 17.7 Å². The van der Waals surface area contributed by atoms with Crippen LogP contribution in [-0.4, -0.2) is 70.1 Å². The average molecular weight is 577 g/mol. The maximum atomic E-state index is 13.1. The number of carbonyl (C=O) groups excluding carboxylic acids is 2. The molecular weight excluding hydrogens is 544 g/mol. The fraction of sp³-hybridized carbons (Fsp3) is 0.290. The van der Waals surface area contributed by atoms with E-state index in [1.54, 1.807) is 25.1 Å². The highest BCUT2D eigenvalue weighted by molar-refractivity contribution is 8.04. The first-order valence-electron chi connectivity index (χ1n) is 13.4. The summed E-state index contributed by atoms with van der Waals surface area (Å²) in [7, 11) is 3.37. The summed E-state index contributed by atoms with van der Waals surface area (Å²) in [6.45, 7) is 5.42. The number of nitrogens with one attached hydrogen (secondary N) is 1. The molecule has 3 aromatic rings. The molecule has 2 amide bonds. The van der Waals surface area contributed by atoms with E-state index in [0.29, 0.717) is 17.0 Å². The molecule has 0 saturated carbocycles. The lowest BCUT2D eigenvalue weighted by atomic mass is 10.1. The van der Waals surface area contributed by atoms with Crippen molar-refractivity contribution in [2.24, 2.45) is 0 Å². The molecule has 1 saturated heterocycles. The number of methoxy groups -OCH3 is 1. The smallest absolute Gasteiger partial charge is 0.264 e. The fourth-order valence-electron chi connectivity index (χ4n) is 4.93. The number of ether oxygens (including phenoxy) is 1. The van der Waals surface area contributed by atoms with Crippen LogP contribution in [0, 0.1) is 0 Å². The Morgan fingerprint density at radius 2 is 1.85 bits per heavy atom. The van der Waals surface area contributed by atoms with Gasteiger partial charge in [0.2, 0.25) is 0 Å². The number of nitrogens with zero attached hydrogens (tertiary/aromatic N) is 3. The molecule has 1 N–H and O–H groups in total. The van der Waals surface area contributed by atoms with Crippen molar-refractivity contribution in [2.45, 2.75) is 11.3 Å². The van der Waals surface area contributed by atoms with E-state index in [2.05, 4.69) is 21.2 Å². The Kier molecular flexibility index (Phi) is 8.99. The lowest BCUT2D eigenvalue weighted by molar-refractivity contribution is -0.114. The second-order valence-corrected chi connectivity index (χ2v) is 11.4. The van der Waals surface area contributed by atoms with Gasteiger partial charge < -0.3 is 19.9 Å². The van der Waals surface area contributed by atoms with Crippen LogP contribution in [0.25, 0.3) is 6.08 Å². The van der Waals surface area contributed by atoms with E-state index in [9.17, 15) is 9.59 Å². The quantitative estimate of drug-likeness (QED) is 0.286. The van der Waals surface area contributed by atoms with E-state index in [-0.39, 0.29) is 11.8 Å². The average Bonchev–Trinajstić information content (AvgIpc) is 2.98. The van der Waals surface area contributed by atoms with E-state index in [4.69, 9.17) is 16.3 Å². The van der Waals surface area contributed by atoms with E-state index in [1.165, 1.54) is 17.4 Å². The highest BCUT2D eigenvalue weighted by Gasteiger charge is 2.27. The third-order valence-corrected chi connectivity index (χ3v) is 8.50. The van der Waals surface area contributed by atoms with Gasteiger partial charge in [-0.3, -0.25) is 14.5 Å². The van der Waals surface area contributed by atoms with Gasteiger partial charge in [-0.2, -0.15) is 0 Å². The van der Waals surface area contributed by atoms with Crippen molar-refractivity contribution in [1.82, 2.24) is 10.2 Å². The van der Waals surface area contributed by atoms with Crippen molar-refractivity contribution >= 4 is 52.6 Å². The summed E-state index contributed by atoms with van der Waals surface area (Å²) in [6, 6.07) is 21.1. The molecule has 0 unspecified atom stereocenters. The fourth-order valence-corrected chi connectivity index (χ4v) is 6.20. The third-order valence-electron chi connectivity index (χ3n) is 7.19.